The van der Waals surface area contributed by atoms with E-state index in [0.29, 0.717) is 21.5 Å². The van der Waals surface area contributed by atoms with Crippen molar-refractivity contribution in [3.8, 4) is 16.9 Å². The third-order valence-corrected chi connectivity index (χ3v) is 6.90. The van der Waals surface area contributed by atoms with Crippen LogP contribution in [0.15, 0.2) is 65.7 Å². The van der Waals surface area contributed by atoms with E-state index in [-0.39, 0.29) is 11.7 Å². The van der Waals surface area contributed by atoms with Gasteiger partial charge in [0.25, 0.3) is 5.91 Å². The summed E-state index contributed by atoms with van der Waals surface area (Å²) in [7, 11) is 0. The highest BCUT2D eigenvalue weighted by atomic mass is 32.2. The second kappa shape index (κ2) is 10.9. The number of hydrogen-bond acceptors (Lipinski definition) is 4. The summed E-state index contributed by atoms with van der Waals surface area (Å²) in [5, 5.41) is 4.75. The molecule has 33 heavy (non-hydrogen) atoms. The second-order valence-electron chi connectivity index (χ2n) is 7.97. The van der Waals surface area contributed by atoms with Crippen molar-refractivity contribution in [3.05, 3.63) is 77.1 Å². The Morgan fingerprint density at radius 3 is 2.48 bits per heavy atom. The molecule has 2 aromatic carbocycles. The van der Waals surface area contributed by atoms with Crippen molar-refractivity contribution in [2.45, 2.75) is 39.0 Å². The van der Waals surface area contributed by atoms with Crippen molar-refractivity contribution in [2.75, 3.05) is 6.54 Å². The number of thioether (sulfide) groups is 1. The molecule has 1 saturated heterocycles. The number of nitrogens with zero attached hydrogens (tertiary/aromatic N) is 3. The lowest BCUT2D eigenvalue weighted by Gasteiger charge is -2.13. The van der Waals surface area contributed by atoms with E-state index < -0.39 is 0 Å². The molecule has 0 atom stereocenters. The molecule has 4 rings (SSSR count). The van der Waals surface area contributed by atoms with Crippen LogP contribution in [0.25, 0.3) is 23.0 Å². The zero-order valence-corrected chi connectivity index (χ0v) is 20.2. The number of benzene rings is 2. The first kappa shape index (κ1) is 23.4. The summed E-state index contributed by atoms with van der Waals surface area (Å²) in [4.78, 5) is 15.4. The quantitative estimate of drug-likeness (QED) is 0.191. The zero-order chi connectivity index (χ0) is 23.2. The van der Waals surface area contributed by atoms with Crippen LogP contribution >= 0.6 is 24.0 Å². The van der Waals surface area contributed by atoms with Gasteiger partial charge in [-0.15, -0.1) is 0 Å². The van der Waals surface area contributed by atoms with Crippen LogP contribution in [0, 0.1) is 5.82 Å². The van der Waals surface area contributed by atoms with Gasteiger partial charge in [0, 0.05) is 23.9 Å². The van der Waals surface area contributed by atoms with Crippen molar-refractivity contribution in [1.82, 2.24) is 14.7 Å². The van der Waals surface area contributed by atoms with Gasteiger partial charge in [0.2, 0.25) is 0 Å². The van der Waals surface area contributed by atoms with Gasteiger partial charge in [-0.05, 0) is 48.9 Å². The highest BCUT2D eigenvalue weighted by Crippen LogP contribution is 2.35. The molecule has 0 radical (unpaired) electrons. The molecule has 2 heterocycles. The SMILES string of the molecule is CCCCCCCN1C(=O)/C(=C/c2cn(-c3ccccc3)nc2-c2ccc(F)cc2)SC1=S. The Bertz CT molecular complexity index is 1160. The van der Waals surface area contributed by atoms with Gasteiger partial charge >= 0.3 is 0 Å². The van der Waals surface area contributed by atoms with Crippen LogP contribution in [0.3, 0.4) is 0 Å². The molecule has 1 fully saturated rings. The van der Waals surface area contributed by atoms with Gasteiger partial charge in [-0.1, -0.05) is 74.8 Å². The van der Waals surface area contributed by atoms with E-state index in [1.54, 1.807) is 21.7 Å². The molecule has 7 heteroatoms. The van der Waals surface area contributed by atoms with Gasteiger partial charge in [0.1, 0.15) is 10.1 Å². The summed E-state index contributed by atoms with van der Waals surface area (Å²) in [5.74, 6) is -0.361. The summed E-state index contributed by atoms with van der Waals surface area (Å²) in [6, 6.07) is 16.0. The van der Waals surface area contributed by atoms with Crippen LogP contribution in [0.5, 0.6) is 0 Å². The van der Waals surface area contributed by atoms with Crippen LogP contribution < -0.4 is 0 Å². The third-order valence-electron chi connectivity index (χ3n) is 5.53. The second-order valence-corrected chi connectivity index (χ2v) is 9.64. The smallest absolute Gasteiger partial charge is 0.266 e. The Morgan fingerprint density at radius 1 is 1.03 bits per heavy atom. The molecule has 0 N–H and O–H groups in total. The van der Waals surface area contributed by atoms with Crippen molar-refractivity contribution in [2.24, 2.45) is 0 Å². The standard InChI is InChI=1S/C26H26FN3OS2/c1-2-3-4-5-9-16-29-25(31)23(33-26(29)32)17-20-18-30(22-10-7-6-8-11-22)28-24(20)19-12-14-21(27)15-13-19/h6-8,10-15,17-18H,2-5,9,16H2,1H3/b23-17-. The molecule has 4 nitrogen and oxygen atoms in total. The maximum atomic E-state index is 13.5. The number of carbonyl (C=O) groups is 1. The van der Waals surface area contributed by atoms with E-state index in [1.807, 2.05) is 42.6 Å². The molecule has 1 amide bonds. The molecule has 0 unspecified atom stereocenters. The third kappa shape index (κ3) is 5.60. The molecule has 170 valence electrons. The van der Waals surface area contributed by atoms with Crippen molar-refractivity contribution >= 4 is 40.3 Å². The Kier molecular flexibility index (Phi) is 7.73. The zero-order valence-electron chi connectivity index (χ0n) is 18.5. The van der Waals surface area contributed by atoms with E-state index in [9.17, 15) is 9.18 Å². The molecule has 3 aromatic rings. The Labute approximate surface area is 203 Å². The molecule has 1 aromatic heterocycles. The van der Waals surface area contributed by atoms with Gasteiger partial charge in [-0.25, -0.2) is 9.07 Å². The van der Waals surface area contributed by atoms with Crippen LogP contribution in [-0.4, -0.2) is 31.5 Å². The van der Waals surface area contributed by atoms with E-state index >= 15 is 0 Å². The Balaban J connectivity index is 1.62. The number of hydrogen-bond donors (Lipinski definition) is 0. The highest BCUT2D eigenvalue weighted by molar-refractivity contribution is 8.26. The fourth-order valence-corrected chi connectivity index (χ4v) is 5.04. The highest BCUT2D eigenvalue weighted by Gasteiger charge is 2.32. The number of rotatable bonds is 9. The van der Waals surface area contributed by atoms with Crippen LogP contribution in [0.4, 0.5) is 4.39 Å². The number of carbonyl (C=O) groups excluding carboxylic acids is 1. The minimum atomic E-state index is -0.303. The van der Waals surface area contributed by atoms with E-state index in [0.717, 1.165) is 29.7 Å². The molecule has 0 bridgehead atoms. The van der Waals surface area contributed by atoms with Gasteiger partial charge < -0.3 is 0 Å². The first-order chi connectivity index (χ1) is 16.1. The molecular formula is C26H26FN3OS2. The minimum absolute atomic E-state index is 0.0574. The maximum Gasteiger partial charge on any atom is 0.266 e. The van der Waals surface area contributed by atoms with Crippen LogP contribution in [0.1, 0.15) is 44.6 Å². The summed E-state index contributed by atoms with van der Waals surface area (Å²) >= 11 is 6.83. The van der Waals surface area contributed by atoms with E-state index in [1.165, 1.54) is 43.2 Å². The van der Waals surface area contributed by atoms with E-state index in [4.69, 9.17) is 17.3 Å². The molecule has 0 aliphatic carbocycles. The largest absolute Gasteiger partial charge is 0.293 e. The predicted molar refractivity (Wildman–Crippen MR) is 138 cm³/mol. The Morgan fingerprint density at radius 2 is 1.76 bits per heavy atom. The van der Waals surface area contributed by atoms with Crippen molar-refractivity contribution < 1.29 is 9.18 Å². The molecule has 1 aliphatic rings. The molecule has 1 aliphatic heterocycles. The fourth-order valence-electron chi connectivity index (χ4n) is 3.75. The van der Waals surface area contributed by atoms with Gasteiger partial charge in [-0.3, -0.25) is 9.69 Å². The fraction of sp³-hybridized carbons (Fsp3) is 0.269. The summed E-state index contributed by atoms with van der Waals surface area (Å²) in [6.07, 6.45) is 9.38. The number of halogens is 1. The Hall–Kier alpha value is -2.77. The van der Waals surface area contributed by atoms with Crippen LogP contribution in [0.2, 0.25) is 0 Å². The molecule has 0 spiro atoms. The normalized spacial score (nSPS) is 15.1. The molecular weight excluding hydrogens is 453 g/mol. The minimum Gasteiger partial charge on any atom is -0.293 e. The first-order valence-electron chi connectivity index (χ1n) is 11.2. The topological polar surface area (TPSA) is 38.1 Å². The number of amides is 1. The summed E-state index contributed by atoms with van der Waals surface area (Å²) in [5.41, 5.74) is 3.15. The van der Waals surface area contributed by atoms with Gasteiger partial charge in [0.05, 0.1) is 16.3 Å². The molecule has 0 saturated carbocycles. The lowest BCUT2D eigenvalue weighted by molar-refractivity contribution is -0.122. The van der Waals surface area contributed by atoms with Gasteiger partial charge in [0.15, 0.2) is 0 Å². The van der Waals surface area contributed by atoms with Crippen LogP contribution in [-0.2, 0) is 4.79 Å². The van der Waals surface area contributed by atoms with Gasteiger partial charge in [-0.2, -0.15) is 5.10 Å². The summed E-state index contributed by atoms with van der Waals surface area (Å²) in [6.45, 7) is 2.84. The number of unbranched alkanes of at least 4 members (excludes halogenated alkanes) is 4. The monoisotopic (exact) mass is 479 g/mol. The maximum absolute atomic E-state index is 13.5. The summed E-state index contributed by atoms with van der Waals surface area (Å²) < 4.78 is 15.9. The average molecular weight is 480 g/mol. The predicted octanol–water partition coefficient (Wildman–Crippen LogP) is 6.85. The lowest BCUT2D eigenvalue weighted by atomic mass is 10.1. The average Bonchev–Trinajstić information content (AvgIpc) is 3.36. The first-order valence-corrected chi connectivity index (χ1v) is 12.5. The lowest BCUT2D eigenvalue weighted by Crippen LogP contribution is -2.29. The van der Waals surface area contributed by atoms with Crippen molar-refractivity contribution in [1.29, 1.82) is 0 Å². The number of thiocarbonyl (C=S) groups is 1. The van der Waals surface area contributed by atoms with E-state index in [2.05, 4.69) is 6.92 Å². The number of aromatic nitrogens is 2. The number of para-hydroxylation sites is 1. The van der Waals surface area contributed by atoms with Crippen molar-refractivity contribution in [3.63, 3.8) is 0 Å².